The minimum absolute atomic E-state index is 0.00698. The molecule has 2 heteroatoms. The third kappa shape index (κ3) is 3.20. The van der Waals surface area contributed by atoms with Crippen LogP contribution < -0.4 is 5.32 Å². The normalized spacial score (nSPS) is 23.4. The highest BCUT2D eigenvalue weighted by molar-refractivity contribution is 5.98. The first kappa shape index (κ1) is 14.4. The lowest BCUT2D eigenvalue weighted by atomic mass is 9.83. The molecular weight excluding hydrogens is 258 g/mol. The summed E-state index contributed by atoms with van der Waals surface area (Å²) in [7, 11) is 0. The van der Waals surface area contributed by atoms with Gasteiger partial charge in [0.2, 0.25) is 0 Å². The van der Waals surface area contributed by atoms with E-state index in [0.29, 0.717) is 5.78 Å². The number of fused-ring (bicyclic) bond motifs is 1. The third-order valence-corrected chi connectivity index (χ3v) is 4.71. The Balaban J connectivity index is 1.89. The molecule has 0 unspecified atom stereocenters. The van der Waals surface area contributed by atoms with E-state index in [1.165, 1.54) is 30.4 Å². The van der Waals surface area contributed by atoms with Crippen molar-refractivity contribution in [2.45, 2.75) is 57.9 Å². The molecule has 3 rings (SSSR count). The van der Waals surface area contributed by atoms with Gasteiger partial charge in [0.1, 0.15) is 0 Å². The van der Waals surface area contributed by atoms with Crippen LogP contribution in [-0.2, 0) is 11.2 Å². The van der Waals surface area contributed by atoms with Gasteiger partial charge in [-0.2, -0.15) is 0 Å². The van der Waals surface area contributed by atoms with Gasteiger partial charge in [-0.1, -0.05) is 43.5 Å². The molecule has 1 aliphatic carbocycles. The zero-order valence-electron chi connectivity index (χ0n) is 13.1. The fraction of sp³-hybridized carbons (Fsp3) is 0.526. The van der Waals surface area contributed by atoms with E-state index in [0.717, 1.165) is 25.0 Å². The standard InChI is InChI=1S/C19H25NO/c1-19(2)13-15-10-6-7-11-16(15)17(20-19)12-18(21)14-8-4-3-5-9-14/h6-7,10-12,14,20H,3-5,8-9,13H2,1-2H3. The highest BCUT2D eigenvalue weighted by atomic mass is 16.1. The first-order valence-corrected chi connectivity index (χ1v) is 8.17. The van der Waals surface area contributed by atoms with Gasteiger partial charge in [-0.25, -0.2) is 0 Å². The lowest BCUT2D eigenvalue weighted by molar-refractivity contribution is -0.119. The summed E-state index contributed by atoms with van der Waals surface area (Å²) in [5, 5.41) is 3.56. The van der Waals surface area contributed by atoms with Crippen molar-refractivity contribution in [2.24, 2.45) is 5.92 Å². The molecule has 0 atom stereocenters. The minimum Gasteiger partial charge on any atom is -0.379 e. The van der Waals surface area contributed by atoms with Gasteiger partial charge in [-0.15, -0.1) is 0 Å². The van der Waals surface area contributed by atoms with Crippen molar-refractivity contribution in [2.75, 3.05) is 0 Å². The van der Waals surface area contributed by atoms with E-state index >= 15 is 0 Å². The van der Waals surface area contributed by atoms with Gasteiger partial charge in [-0.05, 0) is 38.7 Å². The number of hydrogen-bond acceptors (Lipinski definition) is 2. The average molecular weight is 283 g/mol. The molecule has 0 amide bonds. The van der Waals surface area contributed by atoms with Gasteiger partial charge < -0.3 is 5.32 Å². The Hall–Kier alpha value is -1.57. The summed E-state index contributed by atoms with van der Waals surface area (Å²) >= 11 is 0. The molecule has 1 aromatic carbocycles. The third-order valence-electron chi connectivity index (χ3n) is 4.71. The SMILES string of the molecule is CC1(C)Cc2ccccc2C(=CC(=O)C2CCCCC2)N1. The van der Waals surface area contributed by atoms with Crippen molar-refractivity contribution >= 4 is 11.5 Å². The summed E-state index contributed by atoms with van der Waals surface area (Å²) < 4.78 is 0. The average Bonchev–Trinajstić information content (AvgIpc) is 2.47. The molecule has 112 valence electrons. The fourth-order valence-electron chi connectivity index (χ4n) is 3.65. The Morgan fingerprint density at radius 3 is 2.67 bits per heavy atom. The van der Waals surface area contributed by atoms with Crippen molar-refractivity contribution < 1.29 is 4.79 Å². The van der Waals surface area contributed by atoms with E-state index in [2.05, 4.69) is 43.4 Å². The molecule has 1 aliphatic heterocycles. The molecule has 0 aromatic heterocycles. The van der Waals surface area contributed by atoms with Crippen LogP contribution in [0.3, 0.4) is 0 Å². The molecule has 1 N–H and O–H groups in total. The first-order valence-electron chi connectivity index (χ1n) is 8.17. The van der Waals surface area contributed by atoms with Gasteiger partial charge in [0.25, 0.3) is 0 Å². The molecule has 0 bridgehead atoms. The molecule has 1 heterocycles. The summed E-state index contributed by atoms with van der Waals surface area (Å²) in [6, 6.07) is 8.44. The van der Waals surface area contributed by atoms with Crippen LogP contribution in [0.25, 0.3) is 5.70 Å². The van der Waals surface area contributed by atoms with Gasteiger partial charge in [0.05, 0.1) is 0 Å². The van der Waals surface area contributed by atoms with Crippen molar-refractivity contribution in [3.8, 4) is 0 Å². The largest absolute Gasteiger partial charge is 0.379 e. The number of allylic oxidation sites excluding steroid dienone is 1. The van der Waals surface area contributed by atoms with Crippen molar-refractivity contribution in [1.82, 2.24) is 5.32 Å². The Morgan fingerprint density at radius 1 is 1.19 bits per heavy atom. The highest BCUT2D eigenvalue weighted by Crippen LogP contribution is 2.31. The lowest BCUT2D eigenvalue weighted by Gasteiger charge is -2.35. The second-order valence-corrected chi connectivity index (χ2v) is 7.14. The number of carbonyl (C=O) groups is 1. The molecule has 2 aliphatic rings. The summed E-state index contributed by atoms with van der Waals surface area (Å²) in [4.78, 5) is 12.6. The maximum Gasteiger partial charge on any atom is 0.160 e. The quantitative estimate of drug-likeness (QED) is 0.828. The summed E-state index contributed by atoms with van der Waals surface area (Å²) in [5.41, 5.74) is 3.55. The van der Waals surface area contributed by atoms with Crippen LogP contribution in [0.1, 0.15) is 57.1 Å². The monoisotopic (exact) mass is 283 g/mol. The molecule has 0 radical (unpaired) electrons. The summed E-state index contributed by atoms with van der Waals surface area (Å²) in [6.07, 6.45) is 8.69. The number of rotatable bonds is 2. The Bertz CT molecular complexity index is 565. The minimum atomic E-state index is 0.00698. The number of benzene rings is 1. The van der Waals surface area contributed by atoms with Crippen LogP contribution in [0.2, 0.25) is 0 Å². The van der Waals surface area contributed by atoms with E-state index in [9.17, 15) is 4.79 Å². The molecular formula is C19H25NO. The van der Waals surface area contributed by atoms with Crippen molar-refractivity contribution in [3.05, 3.63) is 41.5 Å². The molecule has 1 fully saturated rings. The Labute approximate surface area is 127 Å². The van der Waals surface area contributed by atoms with Crippen LogP contribution in [0.4, 0.5) is 0 Å². The van der Waals surface area contributed by atoms with E-state index in [4.69, 9.17) is 0 Å². The number of nitrogens with one attached hydrogen (secondary N) is 1. The fourth-order valence-corrected chi connectivity index (χ4v) is 3.65. The summed E-state index contributed by atoms with van der Waals surface area (Å²) in [5.74, 6) is 0.551. The zero-order valence-corrected chi connectivity index (χ0v) is 13.1. The van der Waals surface area contributed by atoms with Crippen molar-refractivity contribution in [1.29, 1.82) is 0 Å². The lowest BCUT2D eigenvalue weighted by Crippen LogP contribution is -2.44. The topological polar surface area (TPSA) is 29.1 Å². The van der Waals surface area contributed by atoms with E-state index < -0.39 is 0 Å². The summed E-state index contributed by atoms with van der Waals surface area (Å²) in [6.45, 7) is 4.39. The molecule has 21 heavy (non-hydrogen) atoms. The molecule has 1 saturated carbocycles. The van der Waals surface area contributed by atoms with Gasteiger partial charge in [0, 0.05) is 28.8 Å². The van der Waals surface area contributed by atoms with Gasteiger partial charge >= 0.3 is 0 Å². The molecule has 0 saturated heterocycles. The van der Waals surface area contributed by atoms with E-state index in [-0.39, 0.29) is 11.5 Å². The van der Waals surface area contributed by atoms with Gasteiger partial charge in [-0.3, -0.25) is 4.79 Å². The van der Waals surface area contributed by atoms with E-state index in [1.807, 2.05) is 6.08 Å². The number of hydrogen-bond donors (Lipinski definition) is 1. The maximum atomic E-state index is 12.6. The predicted octanol–water partition coefficient (Wildman–Crippen LogP) is 4.10. The van der Waals surface area contributed by atoms with Gasteiger partial charge in [0.15, 0.2) is 5.78 Å². The molecule has 0 spiro atoms. The van der Waals surface area contributed by atoms with Crippen LogP contribution in [0.5, 0.6) is 0 Å². The number of ketones is 1. The Morgan fingerprint density at radius 2 is 1.90 bits per heavy atom. The number of carbonyl (C=O) groups excluding carboxylic acids is 1. The zero-order chi connectivity index (χ0) is 14.9. The molecule has 1 aromatic rings. The van der Waals surface area contributed by atoms with Crippen molar-refractivity contribution in [3.63, 3.8) is 0 Å². The smallest absolute Gasteiger partial charge is 0.160 e. The van der Waals surface area contributed by atoms with Crippen LogP contribution >= 0.6 is 0 Å². The first-order chi connectivity index (χ1) is 10.1. The van der Waals surface area contributed by atoms with Crippen LogP contribution in [0.15, 0.2) is 30.3 Å². The predicted molar refractivity (Wildman–Crippen MR) is 86.9 cm³/mol. The second kappa shape index (κ2) is 5.67. The highest BCUT2D eigenvalue weighted by Gasteiger charge is 2.28. The van der Waals surface area contributed by atoms with Crippen LogP contribution in [0, 0.1) is 5.92 Å². The van der Waals surface area contributed by atoms with E-state index in [1.54, 1.807) is 0 Å². The second-order valence-electron chi connectivity index (χ2n) is 7.14. The Kier molecular flexibility index (Phi) is 3.88. The van der Waals surface area contributed by atoms with Crippen LogP contribution in [-0.4, -0.2) is 11.3 Å². The maximum absolute atomic E-state index is 12.6. The molecule has 2 nitrogen and oxygen atoms in total.